The van der Waals surface area contributed by atoms with E-state index in [4.69, 9.17) is 4.99 Å². The molecule has 0 atom stereocenters. The number of nitrogens with zero attached hydrogens (tertiary/aromatic N) is 3. The molecule has 3 aromatic carbocycles. The van der Waals surface area contributed by atoms with Crippen LogP contribution in [0.4, 0.5) is 11.4 Å². The first-order valence-corrected chi connectivity index (χ1v) is 11.1. The molecule has 2 aliphatic rings. The molecule has 6 heteroatoms. The number of carbonyl (C=O) groups is 1. The summed E-state index contributed by atoms with van der Waals surface area (Å²) in [4.78, 5) is 23.9. The van der Waals surface area contributed by atoms with Crippen LogP contribution in [0.15, 0.2) is 86.6 Å². The molecular formula is C23H19N3OS2. The molecule has 0 radical (unpaired) electrons. The number of likely N-dealkylation sites (N-methyl/N-ethyl adjacent to an activating group) is 1. The Labute approximate surface area is 178 Å². The predicted molar refractivity (Wildman–Crippen MR) is 124 cm³/mol. The van der Waals surface area contributed by atoms with Gasteiger partial charge in [0.1, 0.15) is 4.91 Å². The van der Waals surface area contributed by atoms with Gasteiger partial charge in [0.05, 0.1) is 16.4 Å². The number of hydrogen-bond donors (Lipinski definition) is 0. The number of thioether (sulfide) groups is 2. The number of para-hydroxylation sites is 1. The van der Waals surface area contributed by atoms with Crippen LogP contribution in [0.5, 0.6) is 0 Å². The van der Waals surface area contributed by atoms with E-state index in [1.165, 1.54) is 16.7 Å². The summed E-state index contributed by atoms with van der Waals surface area (Å²) in [7, 11) is 2.02. The maximum Gasteiger partial charge on any atom is 0.269 e. The molecular weight excluding hydrogens is 398 g/mol. The van der Waals surface area contributed by atoms with E-state index in [2.05, 4.69) is 35.2 Å². The fourth-order valence-corrected chi connectivity index (χ4v) is 6.01. The second-order valence-corrected chi connectivity index (χ2v) is 8.82. The number of rotatable bonds is 2. The number of aliphatic imine (C=N–C) groups is 1. The van der Waals surface area contributed by atoms with E-state index in [1.54, 1.807) is 16.7 Å². The Morgan fingerprint density at radius 3 is 2.52 bits per heavy atom. The molecule has 0 saturated carbocycles. The van der Waals surface area contributed by atoms with E-state index in [1.807, 2.05) is 50.4 Å². The summed E-state index contributed by atoms with van der Waals surface area (Å²) in [6, 6.07) is 22.5. The number of carbonyl (C=O) groups excluding carboxylic acids is 1. The lowest BCUT2D eigenvalue weighted by Crippen LogP contribution is -2.29. The largest absolute Gasteiger partial charge is 0.337 e. The first-order chi connectivity index (χ1) is 14.2. The van der Waals surface area contributed by atoms with Gasteiger partial charge >= 0.3 is 0 Å². The van der Waals surface area contributed by atoms with E-state index < -0.39 is 0 Å². The van der Waals surface area contributed by atoms with Crippen LogP contribution in [-0.4, -0.2) is 29.6 Å². The highest BCUT2D eigenvalue weighted by Gasteiger charge is 2.38. The predicted octanol–water partition coefficient (Wildman–Crippen LogP) is 5.83. The monoisotopic (exact) mass is 417 g/mol. The van der Waals surface area contributed by atoms with Crippen LogP contribution in [0.2, 0.25) is 0 Å². The third kappa shape index (κ3) is 3.03. The number of amides is 1. The standard InChI is InChI=1S/C23H19N3OS2/c1-3-26-21(27)20(22-25(2)18-13-6-7-14-19(18)28-22)29-23(26)24-17-12-8-10-15-9-4-5-11-16(15)17/h4-14H,3H2,1-2H3/b22-20+,24-23?. The Morgan fingerprint density at radius 2 is 1.69 bits per heavy atom. The zero-order chi connectivity index (χ0) is 20.0. The van der Waals surface area contributed by atoms with Gasteiger partial charge in [-0.2, -0.15) is 0 Å². The molecule has 2 aliphatic heterocycles. The van der Waals surface area contributed by atoms with E-state index in [0.29, 0.717) is 6.54 Å². The van der Waals surface area contributed by atoms with Crippen molar-refractivity contribution in [2.45, 2.75) is 11.8 Å². The van der Waals surface area contributed by atoms with Crippen molar-refractivity contribution in [1.82, 2.24) is 4.90 Å². The molecule has 3 aromatic rings. The molecule has 0 aliphatic carbocycles. The maximum absolute atomic E-state index is 13.2. The molecule has 0 aromatic heterocycles. The van der Waals surface area contributed by atoms with E-state index in [0.717, 1.165) is 37.2 Å². The van der Waals surface area contributed by atoms with Gasteiger partial charge in [-0.3, -0.25) is 9.69 Å². The normalized spacial score (nSPS) is 20.2. The van der Waals surface area contributed by atoms with Gasteiger partial charge in [0.2, 0.25) is 0 Å². The van der Waals surface area contributed by atoms with Gasteiger partial charge in [0.25, 0.3) is 5.91 Å². The number of benzene rings is 3. The summed E-state index contributed by atoms with van der Waals surface area (Å²) in [6.45, 7) is 2.58. The highest BCUT2D eigenvalue weighted by molar-refractivity contribution is 8.19. The van der Waals surface area contributed by atoms with Crippen molar-refractivity contribution in [3.63, 3.8) is 0 Å². The quantitative estimate of drug-likeness (QED) is 0.491. The summed E-state index contributed by atoms with van der Waals surface area (Å²) >= 11 is 3.12. The molecule has 0 unspecified atom stereocenters. The van der Waals surface area contributed by atoms with Crippen LogP contribution in [0.25, 0.3) is 10.8 Å². The molecule has 1 amide bonds. The van der Waals surface area contributed by atoms with Gasteiger partial charge in [-0.25, -0.2) is 4.99 Å². The molecule has 144 valence electrons. The van der Waals surface area contributed by atoms with Gasteiger partial charge in [-0.05, 0) is 42.3 Å². The SMILES string of the molecule is CCN1C(=O)/C(=C2\Sc3ccccc3N2C)SC1=Nc1cccc2ccccc12. The van der Waals surface area contributed by atoms with Crippen molar-refractivity contribution in [3.05, 3.63) is 76.7 Å². The van der Waals surface area contributed by atoms with Gasteiger partial charge in [-0.1, -0.05) is 60.3 Å². The average Bonchev–Trinajstić information content (AvgIpc) is 3.24. The second kappa shape index (κ2) is 7.28. The van der Waals surface area contributed by atoms with Gasteiger partial charge in [0.15, 0.2) is 5.17 Å². The van der Waals surface area contributed by atoms with Crippen molar-refractivity contribution in [1.29, 1.82) is 0 Å². The number of hydrogen-bond acceptors (Lipinski definition) is 5. The first kappa shape index (κ1) is 18.3. The van der Waals surface area contributed by atoms with Crippen LogP contribution in [0, 0.1) is 0 Å². The summed E-state index contributed by atoms with van der Waals surface area (Å²) < 4.78 is 0. The maximum atomic E-state index is 13.2. The molecule has 0 N–H and O–H groups in total. The Morgan fingerprint density at radius 1 is 0.931 bits per heavy atom. The van der Waals surface area contributed by atoms with Crippen LogP contribution in [0.1, 0.15) is 6.92 Å². The fourth-order valence-electron chi connectivity index (χ4n) is 3.61. The van der Waals surface area contributed by atoms with E-state index in [-0.39, 0.29) is 5.91 Å². The summed E-state index contributed by atoms with van der Waals surface area (Å²) in [5.41, 5.74) is 2.02. The number of fused-ring (bicyclic) bond motifs is 2. The Balaban J connectivity index is 1.58. The van der Waals surface area contributed by atoms with Crippen LogP contribution in [-0.2, 0) is 4.79 Å². The van der Waals surface area contributed by atoms with Crippen molar-refractivity contribution in [2.24, 2.45) is 4.99 Å². The molecule has 5 rings (SSSR count). The van der Waals surface area contributed by atoms with Crippen molar-refractivity contribution in [3.8, 4) is 0 Å². The molecule has 29 heavy (non-hydrogen) atoms. The van der Waals surface area contributed by atoms with Crippen molar-refractivity contribution in [2.75, 3.05) is 18.5 Å². The van der Waals surface area contributed by atoms with Gasteiger partial charge < -0.3 is 4.90 Å². The zero-order valence-electron chi connectivity index (χ0n) is 16.1. The lowest BCUT2D eigenvalue weighted by Gasteiger charge is -2.15. The number of anilines is 1. The third-order valence-corrected chi connectivity index (χ3v) is 7.53. The van der Waals surface area contributed by atoms with Crippen molar-refractivity contribution >= 4 is 56.7 Å². The Kier molecular flexibility index (Phi) is 4.60. The van der Waals surface area contributed by atoms with Gasteiger partial charge in [0, 0.05) is 23.9 Å². The van der Waals surface area contributed by atoms with E-state index in [9.17, 15) is 4.79 Å². The van der Waals surface area contributed by atoms with Gasteiger partial charge in [-0.15, -0.1) is 0 Å². The van der Waals surface area contributed by atoms with Crippen molar-refractivity contribution < 1.29 is 4.79 Å². The highest BCUT2D eigenvalue weighted by Crippen LogP contribution is 2.50. The third-order valence-electron chi connectivity index (χ3n) is 5.09. The minimum atomic E-state index is 0.0265. The first-order valence-electron chi connectivity index (χ1n) is 9.48. The van der Waals surface area contributed by atoms with E-state index >= 15 is 0 Å². The summed E-state index contributed by atoms with van der Waals surface area (Å²) in [5.74, 6) is 0.0265. The minimum Gasteiger partial charge on any atom is -0.337 e. The molecule has 4 nitrogen and oxygen atoms in total. The summed E-state index contributed by atoms with van der Waals surface area (Å²) in [6.07, 6.45) is 0. The van der Waals surface area contributed by atoms with Crippen LogP contribution < -0.4 is 4.90 Å². The molecule has 2 heterocycles. The van der Waals surface area contributed by atoms with Crippen LogP contribution in [0.3, 0.4) is 0 Å². The lowest BCUT2D eigenvalue weighted by molar-refractivity contribution is -0.122. The Hall–Kier alpha value is -2.70. The smallest absolute Gasteiger partial charge is 0.269 e. The number of amidine groups is 1. The zero-order valence-corrected chi connectivity index (χ0v) is 17.8. The second-order valence-electron chi connectivity index (χ2n) is 6.81. The summed E-state index contributed by atoms with van der Waals surface area (Å²) in [5, 5.41) is 3.95. The molecule has 0 spiro atoms. The Bertz CT molecular complexity index is 1200. The fraction of sp³-hybridized carbons (Fsp3) is 0.130. The topological polar surface area (TPSA) is 35.9 Å². The average molecular weight is 418 g/mol. The molecule has 0 bridgehead atoms. The highest BCUT2D eigenvalue weighted by atomic mass is 32.2. The molecule has 1 saturated heterocycles. The lowest BCUT2D eigenvalue weighted by atomic mass is 10.1. The van der Waals surface area contributed by atoms with Crippen LogP contribution >= 0.6 is 23.5 Å². The molecule has 1 fully saturated rings. The minimum absolute atomic E-state index is 0.0265.